The van der Waals surface area contributed by atoms with E-state index in [2.05, 4.69) is 10.9 Å². The Labute approximate surface area is 146 Å². The van der Waals surface area contributed by atoms with Crippen LogP contribution in [0.25, 0.3) is 6.08 Å². The molecule has 0 aliphatic carbocycles. The number of hydrazine groups is 1. The molecule has 2 N–H and O–H groups in total. The van der Waals surface area contributed by atoms with Crippen molar-refractivity contribution >= 4 is 35.2 Å². The van der Waals surface area contributed by atoms with Crippen LogP contribution in [0.1, 0.15) is 15.9 Å². The van der Waals surface area contributed by atoms with E-state index >= 15 is 0 Å². The van der Waals surface area contributed by atoms with Gasteiger partial charge >= 0.3 is 0 Å². The standard InChI is InChI=1S/C16H11ClFN3O4/c17-13-2-1-3-14(18)12(13)8-9-15(22)19-20-16(23)10-4-6-11(7-5-10)21(24)25/h1-9H,(H,19,22)(H,20,23)/b9-8+. The van der Waals surface area contributed by atoms with Gasteiger partial charge in [-0.05, 0) is 30.3 Å². The molecule has 0 spiro atoms. The number of non-ortho nitro benzene ring substituents is 1. The lowest BCUT2D eigenvalue weighted by Crippen LogP contribution is -2.40. The van der Waals surface area contributed by atoms with Crippen LogP contribution >= 0.6 is 11.6 Å². The van der Waals surface area contributed by atoms with E-state index in [9.17, 15) is 24.1 Å². The van der Waals surface area contributed by atoms with Gasteiger partial charge in [-0.15, -0.1) is 0 Å². The van der Waals surface area contributed by atoms with Gasteiger partial charge in [0.1, 0.15) is 5.82 Å². The summed E-state index contributed by atoms with van der Waals surface area (Å²) in [5, 5.41) is 10.7. The van der Waals surface area contributed by atoms with E-state index in [0.717, 1.165) is 18.2 Å². The monoisotopic (exact) mass is 363 g/mol. The molecule has 0 saturated carbocycles. The minimum atomic E-state index is -0.713. The first-order valence-corrected chi connectivity index (χ1v) is 7.23. The molecule has 2 aromatic carbocycles. The molecule has 25 heavy (non-hydrogen) atoms. The van der Waals surface area contributed by atoms with Gasteiger partial charge in [0, 0.05) is 29.3 Å². The van der Waals surface area contributed by atoms with Gasteiger partial charge in [-0.2, -0.15) is 0 Å². The fourth-order valence-corrected chi connectivity index (χ4v) is 2.02. The topological polar surface area (TPSA) is 101 Å². The molecule has 128 valence electrons. The van der Waals surface area contributed by atoms with Crippen molar-refractivity contribution in [1.29, 1.82) is 0 Å². The van der Waals surface area contributed by atoms with E-state index in [1.807, 2.05) is 0 Å². The smallest absolute Gasteiger partial charge is 0.268 e. The number of benzene rings is 2. The third-order valence-electron chi connectivity index (χ3n) is 3.04. The summed E-state index contributed by atoms with van der Waals surface area (Å²) < 4.78 is 13.5. The molecule has 2 aromatic rings. The zero-order valence-corrected chi connectivity index (χ0v) is 13.3. The Balaban J connectivity index is 1.94. The molecule has 0 saturated heterocycles. The van der Waals surface area contributed by atoms with Gasteiger partial charge in [0.05, 0.1) is 9.95 Å². The van der Waals surface area contributed by atoms with Gasteiger partial charge in [-0.25, -0.2) is 4.39 Å². The molecule has 2 amide bonds. The Morgan fingerprint density at radius 3 is 2.40 bits per heavy atom. The number of nitrogens with zero attached hydrogens (tertiary/aromatic N) is 1. The number of carbonyl (C=O) groups is 2. The minimum absolute atomic E-state index is 0.0426. The van der Waals surface area contributed by atoms with Crippen LogP contribution < -0.4 is 10.9 Å². The lowest BCUT2D eigenvalue weighted by Gasteiger charge is -2.05. The van der Waals surface area contributed by atoms with E-state index in [4.69, 9.17) is 11.6 Å². The Morgan fingerprint density at radius 2 is 1.80 bits per heavy atom. The quantitative estimate of drug-likeness (QED) is 0.495. The molecule has 0 aromatic heterocycles. The summed E-state index contributed by atoms with van der Waals surface area (Å²) in [6.07, 6.45) is 2.17. The maximum atomic E-state index is 13.5. The minimum Gasteiger partial charge on any atom is -0.268 e. The normalized spacial score (nSPS) is 10.5. The summed E-state index contributed by atoms with van der Waals surface area (Å²) in [5.74, 6) is -1.97. The summed E-state index contributed by atoms with van der Waals surface area (Å²) in [6, 6.07) is 8.91. The summed E-state index contributed by atoms with van der Waals surface area (Å²) in [7, 11) is 0. The van der Waals surface area contributed by atoms with Gasteiger partial charge in [-0.3, -0.25) is 30.6 Å². The molecule has 0 atom stereocenters. The average molecular weight is 364 g/mol. The number of amides is 2. The average Bonchev–Trinajstić information content (AvgIpc) is 2.59. The van der Waals surface area contributed by atoms with Crippen LogP contribution in [0.3, 0.4) is 0 Å². The first-order valence-electron chi connectivity index (χ1n) is 6.85. The first kappa shape index (κ1) is 18.1. The number of hydrogen-bond acceptors (Lipinski definition) is 4. The molecule has 0 aliphatic rings. The molecule has 0 fully saturated rings. The van der Waals surface area contributed by atoms with Crippen LogP contribution in [0, 0.1) is 15.9 Å². The molecule has 0 radical (unpaired) electrons. The summed E-state index contributed by atoms with van der Waals surface area (Å²) >= 11 is 5.81. The van der Waals surface area contributed by atoms with E-state index in [1.54, 1.807) is 0 Å². The Hall–Kier alpha value is -3.26. The Bertz CT molecular complexity index is 833. The van der Waals surface area contributed by atoms with Gasteiger partial charge in [0.25, 0.3) is 17.5 Å². The van der Waals surface area contributed by atoms with Gasteiger partial charge in [0.2, 0.25) is 0 Å². The van der Waals surface area contributed by atoms with Gasteiger partial charge < -0.3 is 0 Å². The third-order valence-corrected chi connectivity index (χ3v) is 3.37. The first-order chi connectivity index (χ1) is 11.9. The summed E-state index contributed by atoms with van der Waals surface area (Å²) in [5.41, 5.74) is 4.23. The molecule has 0 bridgehead atoms. The van der Waals surface area contributed by atoms with Crippen LogP contribution in [0.5, 0.6) is 0 Å². The molecule has 0 heterocycles. The highest BCUT2D eigenvalue weighted by molar-refractivity contribution is 6.32. The van der Waals surface area contributed by atoms with Crippen molar-refractivity contribution in [1.82, 2.24) is 10.9 Å². The summed E-state index contributed by atoms with van der Waals surface area (Å²) in [4.78, 5) is 33.4. The van der Waals surface area contributed by atoms with Crippen LogP contribution in [-0.2, 0) is 4.79 Å². The fourth-order valence-electron chi connectivity index (χ4n) is 1.80. The van der Waals surface area contributed by atoms with E-state index < -0.39 is 22.6 Å². The van der Waals surface area contributed by atoms with E-state index in [1.165, 1.54) is 36.4 Å². The predicted molar refractivity (Wildman–Crippen MR) is 89.1 cm³/mol. The number of rotatable bonds is 4. The number of hydrogen-bond donors (Lipinski definition) is 2. The van der Waals surface area contributed by atoms with Crippen LogP contribution in [-0.4, -0.2) is 16.7 Å². The van der Waals surface area contributed by atoms with Crippen LogP contribution in [0.15, 0.2) is 48.5 Å². The molecule has 2 rings (SSSR count). The van der Waals surface area contributed by atoms with Crippen molar-refractivity contribution in [3.05, 3.63) is 80.6 Å². The van der Waals surface area contributed by atoms with Crippen LogP contribution in [0.2, 0.25) is 5.02 Å². The highest BCUT2D eigenvalue weighted by atomic mass is 35.5. The molecular weight excluding hydrogens is 353 g/mol. The van der Waals surface area contributed by atoms with E-state index in [-0.39, 0.29) is 21.8 Å². The number of carbonyl (C=O) groups excluding carboxylic acids is 2. The number of halogens is 2. The molecule has 7 nitrogen and oxygen atoms in total. The van der Waals surface area contributed by atoms with Crippen molar-refractivity contribution in [2.24, 2.45) is 0 Å². The molecular formula is C16H11ClFN3O4. The number of nitrogens with one attached hydrogen (secondary N) is 2. The lowest BCUT2D eigenvalue weighted by molar-refractivity contribution is -0.384. The molecule has 9 heteroatoms. The second kappa shape index (κ2) is 8.02. The number of nitro groups is 1. The SMILES string of the molecule is O=C(/C=C/c1c(F)cccc1Cl)NNC(=O)c1ccc([N+](=O)[O-])cc1. The van der Waals surface area contributed by atoms with Crippen LogP contribution in [0.4, 0.5) is 10.1 Å². The van der Waals surface area contributed by atoms with Crippen molar-refractivity contribution in [3.8, 4) is 0 Å². The van der Waals surface area contributed by atoms with Gasteiger partial charge in [-0.1, -0.05) is 17.7 Å². The highest BCUT2D eigenvalue weighted by Gasteiger charge is 2.10. The van der Waals surface area contributed by atoms with Crippen molar-refractivity contribution in [3.63, 3.8) is 0 Å². The van der Waals surface area contributed by atoms with Crippen molar-refractivity contribution in [2.45, 2.75) is 0 Å². The predicted octanol–water partition coefficient (Wildman–Crippen LogP) is 2.86. The fraction of sp³-hybridized carbons (Fsp3) is 0. The Kier molecular flexibility index (Phi) is 5.80. The summed E-state index contributed by atoms with van der Waals surface area (Å²) in [6.45, 7) is 0. The molecule has 0 aliphatic heterocycles. The lowest BCUT2D eigenvalue weighted by atomic mass is 10.2. The zero-order valence-electron chi connectivity index (χ0n) is 12.5. The highest BCUT2D eigenvalue weighted by Crippen LogP contribution is 2.20. The van der Waals surface area contributed by atoms with Crippen molar-refractivity contribution in [2.75, 3.05) is 0 Å². The second-order valence-electron chi connectivity index (χ2n) is 4.72. The van der Waals surface area contributed by atoms with Crippen molar-refractivity contribution < 1.29 is 18.9 Å². The Morgan fingerprint density at radius 1 is 1.12 bits per heavy atom. The maximum absolute atomic E-state index is 13.5. The zero-order chi connectivity index (χ0) is 18.4. The number of nitro benzene ring substituents is 1. The molecule has 0 unspecified atom stereocenters. The second-order valence-corrected chi connectivity index (χ2v) is 5.12. The maximum Gasteiger partial charge on any atom is 0.269 e. The largest absolute Gasteiger partial charge is 0.269 e. The van der Waals surface area contributed by atoms with E-state index in [0.29, 0.717) is 0 Å². The van der Waals surface area contributed by atoms with Gasteiger partial charge in [0.15, 0.2) is 0 Å². The third kappa shape index (κ3) is 4.85.